The number of piperidine rings is 1. The van der Waals surface area contributed by atoms with Gasteiger partial charge in [0.25, 0.3) is 5.91 Å². The molecule has 0 spiro atoms. The minimum Gasteiger partial charge on any atom is -0.344 e. The summed E-state index contributed by atoms with van der Waals surface area (Å²) in [5, 5.41) is 15.4. The van der Waals surface area contributed by atoms with Crippen molar-refractivity contribution in [2.45, 2.75) is 52.1 Å². The molecular weight excluding hydrogens is 397 g/mol. The van der Waals surface area contributed by atoms with Crippen molar-refractivity contribution in [3.63, 3.8) is 0 Å². The second-order valence-corrected chi connectivity index (χ2v) is 8.84. The van der Waals surface area contributed by atoms with E-state index >= 15 is 0 Å². The number of aromatic nitrogens is 3. The van der Waals surface area contributed by atoms with Crippen LogP contribution in [0.5, 0.6) is 0 Å². The molecule has 1 aliphatic rings. The summed E-state index contributed by atoms with van der Waals surface area (Å²) >= 11 is 6.01. The van der Waals surface area contributed by atoms with Gasteiger partial charge in [-0.05, 0) is 55.5 Å². The molecule has 0 aliphatic carbocycles. The Balaban J connectivity index is 0.00000280. The summed E-state index contributed by atoms with van der Waals surface area (Å²) in [5.74, 6) is -0.195. The Hall–Kier alpha value is -1.63. The van der Waals surface area contributed by atoms with Gasteiger partial charge < -0.3 is 10.6 Å². The molecule has 1 unspecified atom stereocenters. The molecular formula is C20H29Cl2N5O. The third kappa shape index (κ3) is 6.19. The minimum atomic E-state index is -0.195. The van der Waals surface area contributed by atoms with Gasteiger partial charge >= 0.3 is 0 Å². The maximum absolute atomic E-state index is 12.8. The molecule has 8 heteroatoms. The van der Waals surface area contributed by atoms with E-state index in [9.17, 15) is 4.79 Å². The molecule has 1 aliphatic heterocycles. The number of nitrogens with zero attached hydrogens (tertiary/aromatic N) is 3. The normalized spacial score (nSPS) is 16.3. The predicted octanol–water partition coefficient (Wildman–Crippen LogP) is 4.19. The highest BCUT2D eigenvalue weighted by Gasteiger charge is 2.24. The van der Waals surface area contributed by atoms with Crippen LogP contribution in [0, 0.1) is 5.41 Å². The Kier molecular flexibility index (Phi) is 7.87. The van der Waals surface area contributed by atoms with Crippen LogP contribution in [-0.2, 0) is 0 Å². The van der Waals surface area contributed by atoms with Gasteiger partial charge in [0.15, 0.2) is 5.69 Å². The molecule has 1 amide bonds. The highest BCUT2D eigenvalue weighted by molar-refractivity contribution is 6.30. The van der Waals surface area contributed by atoms with Crippen LogP contribution in [0.2, 0.25) is 5.02 Å². The van der Waals surface area contributed by atoms with Crippen LogP contribution < -0.4 is 10.6 Å². The topological polar surface area (TPSA) is 71.8 Å². The average molecular weight is 426 g/mol. The Morgan fingerprint density at radius 2 is 1.93 bits per heavy atom. The largest absolute Gasteiger partial charge is 0.344 e. The van der Waals surface area contributed by atoms with Gasteiger partial charge in [0.2, 0.25) is 0 Å². The quantitative estimate of drug-likeness (QED) is 0.752. The standard InChI is InChI=1S/C20H28ClN5O.ClH/c1-20(2,3)12-17(14-4-6-15(21)7-5-14)23-19(27)18-13-26(25-24-18)16-8-10-22-11-9-16;/h4-7,13,16-17,22H,8-12H2,1-3H3,(H,23,27);1H. The van der Waals surface area contributed by atoms with Crippen molar-refractivity contribution in [2.24, 2.45) is 5.41 Å². The third-order valence-corrected chi connectivity index (χ3v) is 5.07. The molecule has 1 saturated heterocycles. The van der Waals surface area contributed by atoms with E-state index in [1.807, 2.05) is 28.9 Å². The van der Waals surface area contributed by atoms with Crippen molar-refractivity contribution >= 4 is 29.9 Å². The number of hydrogen-bond acceptors (Lipinski definition) is 4. The van der Waals surface area contributed by atoms with Crippen LogP contribution in [-0.4, -0.2) is 34.0 Å². The molecule has 1 aromatic carbocycles. The summed E-state index contributed by atoms with van der Waals surface area (Å²) in [6.45, 7) is 8.42. The Morgan fingerprint density at radius 3 is 2.54 bits per heavy atom. The lowest BCUT2D eigenvalue weighted by Gasteiger charge is -2.27. The zero-order chi connectivity index (χ0) is 19.4. The first-order valence-corrected chi connectivity index (χ1v) is 9.88. The first-order valence-electron chi connectivity index (χ1n) is 9.51. The average Bonchev–Trinajstić information content (AvgIpc) is 3.12. The zero-order valence-corrected chi connectivity index (χ0v) is 18.2. The van der Waals surface area contributed by atoms with E-state index in [0.717, 1.165) is 37.9 Å². The van der Waals surface area contributed by atoms with Gasteiger partial charge in [-0.1, -0.05) is 49.7 Å². The van der Waals surface area contributed by atoms with Gasteiger partial charge in [-0.3, -0.25) is 4.79 Å². The zero-order valence-electron chi connectivity index (χ0n) is 16.6. The van der Waals surface area contributed by atoms with Crippen LogP contribution in [0.15, 0.2) is 30.5 Å². The van der Waals surface area contributed by atoms with Crippen LogP contribution in [0.4, 0.5) is 0 Å². The molecule has 0 bridgehead atoms. The molecule has 0 saturated carbocycles. The summed E-state index contributed by atoms with van der Waals surface area (Å²) < 4.78 is 1.83. The van der Waals surface area contributed by atoms with Crippen LogP contribution in [0.1, 0.15) is 68.2 Å². The number of carbonyl (C=O) groups excluding carboxylic acids is 1. The monoisotopic (exact) mass is 425 g/mol. The van der Waals surface area contributed by atoms with Gasteiger partial charge in [-0.2, -0.15) is 0 Å². The maximum atomic E-state index is 12.8. The molecule has 2 N–H and O–H groups in total. The molecule has 0 radical (unpaired) electrons. The SMILES string of the molecule is CC(C)(C)CC(NC(=O)c1cn(C2CCNCC2)nn1)c1ccc(Cl)cc1.Cl. The number of carbonyl (C=O) groups is 1. The molecule has 6 nitrogen and oxygen atoms in total. The molecule has 2 aromatic rings. The molecule has 3 rings (SSSR count). The number of hydrogen-bond donors (Lipinski definition) is 2. The van der Waals surface area contributed by atoms with Crippen molar-refractivity contribution < 1.29 is 4.79 Å². The Bertz CT molecular complexity index is 764. The van der Waals surface area contributed by atoms with Crippen molar-refractivity contribution in [2.75, 3.05) is 13.1 Å². The number of benzene rings is 1. The Labute approximate surface area is 177 Å². The summed E-state index contributed by atoms with van der Waals surface area (Å²) in [7, 11) is 0. The van der Waals surface area contributed by atoms with E-state index in [1.165, 1.54) is 0 Å². The molecule has 2 heterocycles. The van der Waals surface area contributed by atoms with E-state index in [1.54, 1.807) is 6.20 Å². The second kappa shape index (κ2) is 9.72. The number of rotatable bonds is 5. The molecule has 1 fully saturated rings. The molecule has 28 heavy (non-hydrogen) atoms. The summed E-state index contributed by atoms with van der Waals surface area (Å²) in [6, 6.07) is 7.83. The summed E-state index contributed by atoms with van der Waals surface area (Å²) in [4.78, 5) is 12.8. The number of nitrogens with one attached hydrogen (secondary N) is 2. The van der Waals surface area contributed by atoms with Gasteiger partial charge in [0.05, 0.1) is 18.3 Å². The fourth-order valence-corrected chi connectivity index (χ4v) is 3.55. The first kappa shape index (κ1) is 22.7. The minimum absolute atomic E-state index is 0. The molecule has 154 valence electrons. The summed E-state index contributed by atoms with van der Waals surface area (Å²) in [5.41, 5.74) is 1.46. The van der Waals surface area contributed by atoms with Gasteiger partial charge in [-0.15, -0.1) is 17.5 Å². The van der Waals surface area contributed by atoms with Crippen molar-refractivity contribution in [1.29, 1.82) is 0 Å². The van der Waals surface area contributed by atoms with E-state index < -0.39 is 0 Å². The van der Waals surface area contributed by atoms with Gasteiger partial charge in [0, 0.05) is 5.02 Å². The highest BCUT2D eigenvalue weighted by atomic mass is 35.5. The van der Waals surface area contributed by atoms with E-state index in [2.05, 4.69) is 41.7 Å². The fraction of sp³-hybridized carbons (Fsp3) is 0.550. The van der Waals surface area contributed by atoms with Gasteiger partial charge in [-0.25, -0.2) is 4.68 Å². The van der Waals surface area contributed by atoms with Crippen molar-refractivity contribution in [3.8, 4) is 0 Å². The lowest BCUT2D eigenvalue weighted by atomic mass is 9.85. The molecule has 1 aromatic heterocycles. The first-order chi connectivity index (χ1) is 12.8. The number of amides is 1. The van der Waals surface area contributed by atoms with Crippen LogP contribution >= 0.6 is 24.0 Å². The van der Waals surface area contributed by atoms with Crippen molar-refractivity contribution in [1.82, 2.24) is 25.6 Å². The lowest BCUT2D eigenvalue weighted by Crippen LogP contribution is -2.31. The van der Waals surface area contributed by atoms with Gasteiger partial charge in [0.1, 0.15) is 0 Å². The molecule has 1 atom stereocenters. The second-order valence-electron chi connectivity index (χ2n) is 8.41. The predicted molar refractivity (Wildman–Crippen MR) is 114 cm³/mol. The smallest absolute Gasteiger partial charge is 0.273 e. The van der Waals surface area contributed by atoms with E-state index in [4.69, 9.17) is 11.6 Å². The van der Waals surface area contributed by atoms with E-state index in [0.29, 0.717) is 16.8 Å². The van der Waals surface area contributed by atoms with Crippen LogP contribution in [0.25, 0.3) is 0 Å². The number of halogens is 2. The summed E-state index contributed by atoms with van der Waals surface area (Å²) in [6.07, 6.45) is 4.58. The Morgan fingerprint density at radius 1 is 1.29 bits per heavy atom. The van der Waals surface area contributed by atoms with Crippen LogP contribution in [0.3, 0.4) is 0 Å². The highest BCUT2D eigenvalue weighted by Crippen LogP contribution is 2.30. The van der Waals surface area contributed by atoms with Crippen molar-refractivity contribution in [3.05, 3.63) is 46.7 Å². The lowest BCUT2D eigenvalue weighted by molar-refractivity contribution is 0.0921. The fourth-order valence-electron chi connectivity index (χ4n) is 3.42. The van der Waals surface area contributed by atoms with E-state index in [-0.39, 0.29) is 29.8 Å². The maximum Gasteiger partial charge on any atom is 0.273 e. The third-order valence-electron chi connectivity index (χ3n) is 4.82.